The molecule has 0 bridgehead atoms. The summed E-state index contributed by atoms with van der Waals surface area (Å²) in [6, 6.07) is 5.77. The molecule has 0 spiro atoms. The molecule has 1 aliphatic rings. The van der Waals surface area contributed by atoms with Crippen LogP contribution in [0.1, 0.15) is 42.1 Å². The van der Waals surface area contributed by atoms with Crippen LogP contribution in [-0.4, -0.2) is 21.1 Å². The highest BCUT2D eigenvalue weighted by molar-refractivity contribution is 5.91. The Balaban J connectivity index is 1.58. The van der Waals surface area contributed by atoms with Gasteiger partial charge in [-0.2, -0.15) is 5.10 Å². The largest absolute Gasteiger partial charge is 0.309 e. The molecule has 5 heteroatoms. The van der Waals surface area contributed by atoms with Crippen LogP contribution in [0, 0.1) is 13.3 Å². The third-order valence-electron chi connectivity index (χ3n) is 3.81. The molecular formula is C16H19N4O. The molecule has 2 aromatic rings. The number of rotatable bonds is 4. The zero-order valence-corrected chi connectivity index (χ0v) is 12.1. The Labute approximate surface area is 124 Å². The van der Waals surface area contributed by atoms with Gasteiger partial charge in [-0.1, -0.05) is 6.07 Å². The summed E-state index contributed by atoms with van der Waals surface area (Å²) in [4.78, 5) is 16.2. The van der Waals surface area contributed by atoms with Gasteiger partial charge in [-0.05, 0) is 44.2 Å². The number of anilines is 1. The highest BCUT2D eigenvalue weighted by Crippen LogP contribution is 2.32. The van der Waals surface area contributed by atoms with Crippen molar-refractivity contribution < 1.29 is 4.79 Å². The topological polar surface area (TPSA) is 70.7 Å². The molecule has 0 aromatic carbocycles. The third-order valence-corrected chi connectivity index (χ3v) is 3.81. The van der Waals surface area contributed by atoms with Crippen molar-refractivity contribution in [3.63, 3.8) is 0 Å². The van der Waals surface area contributed by atoms with Crippen LogP contribution in [0.2, 0.25) is 0 Å². The SMILES string of the molecule is Cc1ccc(CC(=O)Nc2cc([C@@H]3C[CH]CC3)[nH]n2)cn1. The second kappa shape index (κ2) is 6.08. The molecule has 1 fully saturated rings. The average Bonchev–Trinajstić information content (AvgIpc) is 3.12. The molecule has 1 atom stereocenters. The molecule has 21 heavy (non-hydrogen) atoms. The smallest absolute Gasteiger partial charge is 0.230 e. The minimum atomic E-state index is -0.0725. The maximum absolute atomic E-state index is 12.0. The van der Waals surface area contributed by atoms with Crippen molar-refractivity contribution in [3.05, 3.63) is 47.8 Å². The number of nitrogens with one attached hydrogen (secondary N) is 2. The van der Waals surface area contributed by atoms with Crippen molar-refractivity contribution in [1.29, 1.82) is 0 Å². The second-order valence-electron chi connectivity index (χ2n) is 5.54. The van der Waals surface area contributed by atoms with E-state index in [0.29, 0.717) is 18.2 Å². The van der Waals surface area contributed by atoms with E-state index in [1.807, 2.05) is 25.1 Å². The van der Waals surface area contributed by atoms with Gasteiger partial charge in [0, 0.05) is 29.6 Å². The van der Waals surface area contributed by atoms with Crippen LogP contribution in [0.4, 0.5) is 5.82 Å². The number of aromatic amines is 1. The van der Waals surface area contributed by atoms with Gasteiger partial charge in [0.1, 0.15) is 0 Å². The van der Waals surface area contributed by atoms with Crippen molar-refractivity contribution in [1.82, 2.24) is 15.2 Å². The maximum atomic E-state index is 12.0. The fourth-order valence-corrected chi connectivity index (χ4v) is 2.62. The Kier molecular flexibility index (Phi) is 3.99. The van der Waals surface area contributed by atoms with Gasteiger partial charge in [0.05, 0.1) is 6.42 Å². The van der Waals surface area contributed by atoms with Gasteiger partial charge >= 0.3 is 0 Å². The zero-order valence-electron chi connectivity index (χ0n) is 12.1. The predicted octanol–water partition coefficient (Wildman–Crippen LogP) is 2.77. The Hall–Kier alpha value is -2.17. The number of aromatic nitrogens is 3. The molecule has 2 N–H and O–H groups in total. The van der Waals surface area contributed by atoms with Crippen molar-refractivity contribution in [2.75, 3.05) is 5.32 Å². The average molecular weight is 283 g/mol. The molecule has 0 aliphatic heterocycles. The van der Waals surface area contributed by atoms with Crippen LogP contribution < -0.4 is 5.32 Å². The van der Waals surface area contributed by atoms with Crippen LogP contribution in [0.5, 0.6) is 0 Å². The van der Waals surface area contributed by atoms with Crippen LogP contribution in [0.15, 0.2) is 24.4 Å². The van der Waals surface area contributed by atoms with Crippen molar-refractivity contribution in [2.24, 2.45) is 0 Å². The van der Waals surface area contributed by atoms with Crippen LogP contribution >= 0.6 is 0 Å². The first-order valence-electron chi connectivity index (χ1n) is 7.29. The van der Waals surface area contributed by atoms with Gasteiger partial charge in [-0.25, -0.2) is 0 Å². The summed E-state index contributed by atoms with van der Waals surface area (Å²) in [5.74, 6) is 1.04. The highest BCUT2D eigenvalue weighted by atomic mass is 16.1. The summed E-state index contributed by atoms with van der Waals surface area (Å²) in [5, 5.41) is 10.0. The number of hydrogen-bond acceptors (Lipinski definition) is 3. The lowest BCUT2D eigenvalue weighted by molar-refractivity contribution is -0.115. The van der Waals surface area contributed by atoms with Gasteiger partial charge in [-0.15, -0.1) is 0 Å². The molecule has 1 aliphatic carbocycles. The quantitative estimate of drug-likeness (QED) is 0.906. The van der Waals surface area contributed by atoms with Crippen molar-refractivity contribution in [3.8, 4) is 0 Å². The number of hydrogen-bond donors (Lipinski definition) is 2. The molecule has 0 saturated heterocycles. The normalized spacial score (nSPS) is 15.3. The summed E-state index contributed by atoms with van der Waals surface area (Å²) in [7, 11) is 0. The summed E-state index contributed by atoms with van der Waals surface area (Å²) in [5.41, 5.74) is 2.96. The van der Waals surface area contributed by atoms with E-state index in [4.69, 9.17) is 0 Å². The zero-order chi connectivity index (χ0) is 14.7. The van der Waals surface area contributed by atoms with Gasteiger partial charge in [0.15, 0.2) is 5.82 Å². The summed E-state index contributed by atoms with van der Waals surface area (Å²) in [6.07, 6.45) is 7.75. The fourth-order valence-electron chi connectivity index (χ4n) is 2.62. The molecule has 5 nitrogen and oxygen atoms in total. The van der Waals surface area contributed by atoms with E-state index in [0.717, 1.165) is 36.2 Å². The molecule has 1 saturated carbocycles. The lowest BCUT2D eigenvalue weighted by Crippen LogP contribution is -2.14. The summed E-state index contributed by atoms with van der Waals surface area (Å²) >= 11 is 0. The number of carbonyl (C=O) groups excluding carboxylic acids is 1. The molecule has 3 rings (SSSR count). The van der Waals surface area contributed by atoms with Crippen molar-refractivity contribution in [2.45, 2.75) is 38.5 Å². The Morgan fingerprint density at radius 2 is 2.38 bits per heavy atom. The molecular weight excluding hydrogens is 264 g/mol. The molecule has 1 radical (unpaired) electrons. The maximum Gasteiger partial charge on any atom is 0.230 e. The Bertz CT molecular complexity index is 611. The number of amides is 1. The lowest BCUT2D eigenvalue weighted by atomic mass is 10.0. The molecule has 1 amide bonds. The fraction of sp³-hybridized carbons (Fsp3) is 0.375. The van der Waals surface area contributed by atoms with E-state index >= 15 is 0 Å². The summed E-state index contributed by atoms with van der Waals surface area (Å²) in [6.45, 7) is 1.93. The van der Waals surface area contributed by atoms with E-state index in [-0.39, 0.29) is 5.91 Å². The standard InChI is InChI=1S/C16H19N4O/c1-11-6-7-12(10-17-11)8-16(21)18-15-9-14(19-20-15)13-4-2-3-5-13/h2,6-7,9-10,13H,3-5,8H2,1H3,(H2,18,19,20,21)/t13-/m1/s1. The second-order valence-corrected chi connectivity index (χ2v) is 5.54. The number of nitrogens with zero attached hydrogens (tertiary/aromatic N) is 2. The molecule has 2 aromatic heterocycles. The van der Waals surface area contributed by atoms with Gasteiger partial charge in [-0.3, -0.25) is 14.9 Å². The van der Waals surface area contributed by atoms with Crippen LogP contribution in [0.3, 0.4) is 0 Å². The van der Waals surface area contributed by atoms with Crippen LogP contribution in [-0.2, 0) is 11.2 Å². The van der Waals surface area contributed by atoms with E-state index in [9.17, 15) is 4.79 Å². The Morgan fingerprint density at radius 1 is 1.48 bits per heavy atom. The van der Waals surface area contributed by atoms with E-state index in [2.05, 4.69) is 26.9 Å². The summed E-state index contributed by atoms with van der Waals surface area (Å²) < 4.78 is 0. The Morgan fingerprint density at radius 3 is 3.10 bits per heavy atom. The number of carbonyl (C=O) groups is 1. The van der Waals surface area contributed by atoms with Gasteiger partial charge in [0.2, 0.25) is 5.91 Å². The monoisotopic (exact) mass is 283 g/mol. The van der Waals surface area contributed by atoms with Crippen LogP contribution in [0.25, 0.3) is 0 Å². The number of pyridine rings is 1. The minimum Gasteiger partial charge on any atom is -0.309 e. The van der Waals surface area contributed by atoms with E-state index in [1.54, 1.807) is 6.20 Å². The van der Waals surface area contributed by atoms with E-state index in [1.165, 1.54) is 0 Å². The van der Waals surface area contributed by atoms with Gasteiger partial charge in [0.25, 0.3) is 0 Å². The highest BCUT2D eigenvalue weighted by Gasteiger charge is 2.19. The first-order chi connectivity index (χ1) is 10.2. The first-order valence-corrected chi connectivity index (χ1v) is 7.29. The van der Waals surface area contributed by atoms with Gasteiger partial charge < -0.3 is 5.32 Å². The molecule has 0 unspecified atom stereocenters. The van der Waals surface area contributed by atoms with Crippen molar-refractivity contribution >= 4 is 11.7 Å². The number of aryl methyl sites for hydroxylation is 1. The first kappa shape index (κ1) is 13.8. The number of H-pyrrole nitrogens is 1. The third kappa shape index (κ3) is 3.48. The van der Waals surface area contributed by atoms with E-state index < -0.39 is 0 Å². The minimum absolute atomic E-state index is 0.0725. The predicted molar refractivity (Wildman–Crippen MR) is 80.8 cm³/mol. The molecule has 2 heterocycles. The lowest BCUT2D eigenvalue weighted by Gasteiger charge is -2.04. The molecule has 109 valence electrons.